The first-order valence-electron chi connectivity index (χ1n) is 3.97. The summed E-state index contributed by atoms with van der Waals surface area (Å²) in [6, 6.07) is 1.22. The predicted molar refractivity (Wildman–Crippen MR) is 48.3 cm³/mol. The Bertz CT molecular complexity index is 345. The van der Waals surface area contributed by atoms with Crippen LogP contribution in [0.3, 0.4) is 0 Å². The summed E-state index contributed by atoms with van der Waals surface area (Å²) >= 11 is 0. The molecule has 1 aromatic rings. The molecule has 0 aliphatic carbocycles. The Morgan fingerprint density at radius 3 is 2.29 bits per heavy atom. The van der Waals surface area contributed by atoms with E-state index in [-0.39, 0.29) is 12.2 Å². The van der Waals surface area contributed by atoms with Gasteiger partial charge >= 0.3 is 0 Å². The van der Waals surface area contributed by atoms with E-state index >= 15 is 0 Å². The summed E-state index contributed by atoms with van der Waals surface area (Å²) < 4.78 is 38.3. The van der Waals surface area contributed by atoms with Crippen molar-refractivity contribution in [2.45, 2.75) is 6.42 Å². The zero-order valence-corrected chi connectivity index (χ0v) is 7.28. The van der Waals surface area contributed by atoms with Crippen molar-refractivity contribution in [2.75, 3.05) is 11.9 Å². The molecule has 1 nitrogen and oxygen atoms in total. The average molecular weight is 199 g/mol. The van der Waals surface area contributed by atoms with Gasteiger partial charge in [-0.2, -0.15) is 0 Å². The van der Waals surface area contributed by atoms with Crippen molar-refractivity contribution in [3.05, 3.63) is 29.6 Å². The molecule has 74 valence electrons. The van der Waals surface area contributed by atoms with Crippen LogP contribution in [0.2, 0.25) is 0 Å². The summed E-state index contributed by atoms with van der Waals surface area (Å²) in [6.07, 6.45) is 5.30. The first-order chi connectivity index (χ1) is 6.65. The second kappa shape index (κ2) is 4.56. The van der Waals surface area contributed by atoms with Crippen LogP contribution >= 0.6 is 0 Å². The highest BCUT2D eigenvalue weighted by atomic mass is 19.1. The third kappa shape index (κ3) is 2.43. The summed E-state index contributed by atoms with van der Waals surface area (Å²) in [6.45, 7) is 0.246. The molecular weight excluding hydrogens is 191 g/mol. The quantitative estimate of drug-likeness (QED) is 0.582. The molecule has 0 heterocycles. The minimum Gasteiger partial charge on any atom is -0.379 e. The molecule has 0 saturated heterocycles. The Kier molecular flexibility index (Phi) is 3.41. The Hall–Kier alpha value is -1.63. The maximum Gasteiger partial charge on any atom is 0.152 e. The van der Waals surface area contributed by atoms with Crippen LogP contribution in [0, 0.1) is 29.8 Å². The van der Waals surface area contributed by atoms with Gasteiger partial charge in [0, 0.05) is 25.1 Å². The molecule has 0 aliphatic rings. The van der Waals surface area contributed by atoms with Gasteiger partial charge in [0.2, 0.25) is 0 Å². The molecule has 0 radical (unpaired) electrons. The fourth-order valence-corrected chi connectivity index (χ4v) is 0.971. The summed E-state index contributed by atoms with van der Waals surface area (Å²) in [4.78, 5) is 0. The van der Waals surface area contributed by atoms with E-state index in [1.807, 2.05) is 0 Å². The summed E-state index contributed by atoms with van der Waals surface area (Å²) in [7, 11) is 0. The Morgan fingerprint density at radius 2 is 1.79 bits per heavy atom. The molecule has 0 aromatic heterocycles. The van der Waals surface area contributed by atoms with Gasteiger partial charge in [0.25, 0.3) is 0 Å². The van der Waals surface area contributed by atoms with Crippen molar-refractivity contribution >= 4 is 5.69 Å². The van der Waals surface area contributed by atoms with Crippen LogP contribution in [0.5, 0.6) is 0 Å². The summed E-state index contributed by atoms with van der Waals surface area (Å²) in [5.41, 5.74) is -0.346. The van der Waals surface area contributed by atoms with Crippen LogP contribution in [-0.4, -0.2) is 6.54 Å². The fraction of sp³-hybridized carbons (Fsp3) is 0.200. The minimum atomic E-state index is -0.959. The monoisotopic (exact) mass is 199 g/mol. The van der Waals surface area contributed by atoms with E-state index in [4.69, 9.17) is 6.42 Å². The van der Waals surface area contributed by atoms with Crippen LogP contribution in [0.4, 0.5) is 18.9 Å². The molecule has 14 heavy (non-hydrogen) atoms. The van der Waals surface area contributed by atoms with E-state index in [9.17, 15) is 13.2 Å². The molecule has 4 heteroatoms. The van der Waals surface area contributed by atoms with Crippen LogP contribution in [0.25, 0.3) is 0 Å². The molecule has 0 atom stereocenters. The SMILES string of the molecule is C#CCCNc1c(F)cc(F)cc1F. The van der Waals surface area contributed by atoms with Gasteiger partial charge < -0.3 is 5.32 Å². The highest BCUT2D eigenvalue weighted by Gasteiger charge is 2.09. The lowest BCUT2D eigenvalue weighted by Crippen LogP contribution is -2.05. The number of benzene rings is 1. The number of anilines is 1. The standard InChI is InChI=1S/C10H8F3N/c1-2-3-4-14-10-8(12)5-7(11)6-9(10)13/h1,5-6,14H,3-4H2. The highest BCUT2D eigenvalue weighted by Crippen LogP contribution is 2.19. The van der Waals surface area contributed by atoms with E-state index in [0.29, 0.717) is 18.6 Å². The first kappa shape index (κ1) is 10.5. The predicted octanol–water partition coefficient (Wildman–Crippen LogP) is 2.54. The highest BCUT2D eigenvalue weighted by molar-refractivity contribution is 5.46. The number of terminal acetylenes is 1. The maximum atomic E-state index is 12.9. The molecule has 1 rings (SSSR count). The van der Waals surface area contributed by atoms with Gasteiger partial charge in [-0.3, -0.25) is 0 Å². The third-order valence-corrected chi connectivity index (χ3v) is 1.58. The zero-order valence-electron chi connectivity index (χ0n) is 7.28. The molecule has 0 spiro atoms. The minimum absolute atomic E-state index is 0.246. The van der Waals surface area contributed by atoms with Crippen molar-refractivity contribution in [1.29, 1.82) is 0 Å². The fourth-order valence-electron chi connectivity index (χ4n) is 0.971. The molecule has 0 aliphatic heterocycles. The molecule has 1 N–H and O–H groups in total. The zero-order chi connectivity index (χ0) is 10.6. The van der Waals surface area contributed by atoms with Gasteiger partial charge in [-0.15, -0.1) is 12.3 Å². The second-order valence-corrected chi connectivity index (χ2v) is 2.63. The average Bonchev–Trinajstić information content (AvgIpc) is 2.09. The van der Waals surface area contributed by atoms with Crippen molar-refractivity contribution in [2.24, 2.45) is 0 Å². The van der Waals surface area contributed by atoms with Crippen molar-refractivity contribution in [3.8, 4) is 12.3 Å². The maximum absolute atomic E-state index is 12.9. The smallest absolute Gasteiger partial charge is 0.152 e. The molecule has 1 aromatic carbocycles. The Labute approximate surface area is 79.9 Å². The van der Waals surface area contributed by atoms with Crippen LogP contribution in [-0.2, 0) is 0 Å². The lowest BCUT2D eigenvalue weighted by atomic mass is 10.2. The summed E-state index contributed by atoms with van der Waals surface area (Å²) in [5.74, 6) is -0.553. The lowest BCUT2D eigenvalue weighted by Gasteiger charge is -2.06. The van der Waals surface area contributed by atoms with Gasteiger partial charge in [0.15, 0.2) is 11.6 Å². The molecule has 0 amide bonds. The molecular formula is C10H8F3N. The van der Waals surface area contributed by atoms with Crippen LogP contribution in [0.15, 0.2) is 12.1 Å². The second-order valence-electron chi connectivity index (χ2n) is 2.63. The Balaban J connectivity index is 2.81. The van der Waals surface area contributed by atoms with Gasteiger partial charge in [0.05, 0.1) is 0 Å². The molecule has 0 bridgehead atoms. The molecule has 0 saturated carbocycles. The number of hydrogen-bond donors (Lipinski definition) is 1. The van der Waals surface area contributed by atoms with E-state index < -0.39 is 17.5 Å². The van der Waals surface area contributed by atoms with Crippen molar-refractivity contribution < 1.29 is 13.2 Å². The largest absolute Gasteiger partial charge is 0.379 e. The number of nitrogens with one attached hydrogen (secondary N) is 1. The summed E-state index contributed by atoms with van der Waals surface area (Å²) in [5, 5.41) is 2.45. The number of hydrogen-bond acceptors (Lipinski definition) is 1. The van der Waals surface area contributed by atoms with E-state index in [1.54, 1.807) is 0 Å². The van der Waals surface area contributed by atoms with Gasteiger partial charge in [0.1, 0.15) is 11.5 Å². The van der Waals surface area contributed by atoms with E-state index in [0.717, 1.165) is 0 Å². The van der Waals surface area contributed by atoms with Crippen molar-refractivity contribution in [3.63, 3.8) is 0 Å². The molecule has 0 unspecified atom stereocenters. The third-order valence-electron chi connectivity index (χ3n) is 1.58. The Morgan fingerprint density at radius 1 is 1.21 bits per heavy atom. The normalized spacial score (nSPS) is 9.57. The van der Waals surface area contributed by atoms with Gasteiger partial charge in [-0.25, -0.2) is 13.2 Å². The molecule has 0 fully saturated rings. The van der Waals surface area contributed by atoms with Gasteiger partial charge in [-0.05, 0) is 0 Å². The van der Waals surface area contributed by atoms with Crippen molar-refractivity contribution in [1.82, 2.24) is 0 Å². The van der Waals surface area contributed by atoms with E-state index in [2.05, 4.69) is 11.2 Å². The lowest BCUT2D eigenvalue weighted by molar-refractivity contribution is 0.547. The van der Waals surface area contributed by atoms with E-state index in [1.165, 1.54) is 0 Å². The topological polar surface area (TPSA) is 12.0 Å². The van der Waals surface area contributed by atoms with Gasteiger partial charge in [-0.1, -0.05) is 0 Å². The number of halogens is 3. The van der Waals surface area contributed by atoms with Crippen LogP contribution < -0.4 is 5.32 Å². The van der Waals surface area contributed by atoms with Crippen LogP contribution in [0.1, 0.15) is 6.42 Å². The first-order valence-corrected chi connectivity index (χ1v) is 3.97. The number of rotatable bonds is 3.